The minimum atomic E-state index is -3.56. The SMILES string of the molecule is CC(C)CC(=O)Nc1cccc(CNC(=O)c2ccc(CS(=O)(=O)c3ccccc3)o2)c1. The second-order valence-electron chi connectivity index (χ2n) is 7.87. The Morgan fingerprint density at radius 2 is 1.72 bits per heavy atom. The van der Waals surface area contributed by atoms with Crippen molar-refractivity contribution in [1.29, 1.82) is 0 Å². The highest BCUT2D eigenvalue weighted by Gasteiger charge is 2.19. The maximum absolute atomic E-state index is 12.5. The van der Waals surface area contributed by atoms with Crippen LogP contribution < -0.4 is 10.6 Å². The van der Waals surface area contributed by atoms with Crippen LogP contribution in [0.5, 0.6) is 0 Å². The molecule has 0 spiro atoms. The molecule has 0 aliphatic heterocycles. The summed E-state index contributed by atoms with van der Waals surface area (Å²) in [7, 11) is -3.56. The van der Waals surface area contributed by atoms with Gasteiger partial charge in [0.1, 0.15) is 11.5 Å². The summed E-state index contributed by atoms with van der Waals surface area (Å²) in [5.74, 6) is -0.364. The van der Waals surface area contributed by atoms with Gasteiger partial charge in [-0.3, -0.25) is 9.59 Å². The van der Waals surface area contributed by atoms with Crippen LogP contribution in [-0.4, -0.2) is 20.2 Å². The molecule has 168 valence electrons. The minimum absolute atomic E-state index is 0.0321. The summed E-state index contributed by atoms with van der Waals surface area (Å²) in [6.45, 7) is 4.18. The lowest BCUT2D eigenvalue weighted by Gasteiger charge is -2.09. The molecule has 0 atom stereocenters. The van der Waals surface area contributed by atoms with E-state index < -0.39 is 15.7 Å². The molecular formula is C24H26N2O5S. The second-order valence-corrected chi connectivity index (χ2v) is 9.86. The average molecular weight is 455 g/mol. The number of hydrogen-bond acceptors (Lipinski definition) is 5. The van der Waals surface area contributed by atoms with Gasteiger partial charge in [-0.1, -0.05) is 44.2 Å². The average Bonchev–Trinajstić information content (AvgIpc) is 3.20. The molecule has 0 aliphatic carbocycles. The van der Waals surface area contributed by atoms with Crippen molar-refractivity contribution in [2.45, 2.75) is 37.5 Å². The Morgan fingerprint density at radius 3 is 2.44 bits per heavy atom. The number of furan rings is 1. The van der Waals surface area contributed by atoms with Crippen LogP contribution in [-0.2, 0) is 26.9 Å². The normalized spacial score (nSPS) is 11.3. The zero-order valence-electron chi connectivity index (χ0n) is 18.0. The fourth-order valence-corrected chi connectivity index (χ4v) is 4.36. The highest BCUT2D eigenvalue weighted by molar-refractivity contribution is 7.90. The largest absolute Gasteiger partial charge is 0.455 e. The number of benzene rings is 2. The summed E-state index contributed by atoms with van der Waals surface area (Å²) >= 11 is 0. The van der Waals surface area contributed by atoms with Gasteiger partial charge in [0.2, 0.25) is 5.91 Å². The van der Waals surface area contributed by atoms with Crippen LogP contribution in [0.4, 0.5) is 5.69 Å². The third-order valence-electron chi connectivity index (χ3n) is 4.58. The highest BCUT2D eigenvalue weighted by atomic mass is 32.2. The topological polar surface area (TPSA) is 105 Å². The van der Waals surface area contributed by atoms with Crippen molar-refractivity contribution in [1.82, 2.24) is 5.32 Å². The van der Waals surface area contributed by atoms with Gasteiger partial charge in [-0.15, -0.1) is 0 Å². The highest BCUT2D eigenvalue weighted by Crippen LogP contribution is 2.18. The maximum Gasteiger partial charge on any atom is 0.287 e. The zero-order valence-corrected chi connectivity index (χ0v) is 18.8. The number of rotatable bonds is 9. The van der Waals surface area contributed by atoms with Crippen LogP contribution in [0.2, 0.25) is 0 Å². The van der Waals surface area contributed by atoms with Gasteiger partial charge in [0, 0.05) is 18.7 Å². The van der Waals surface area contributed by atoms with Crippen molar-refractivity contribution in [3.8, 4) is 0 Å². The van der Waals surface area contributed by atoms with Gasteiger partial charge in [-0.25, -0.2) is 8.42 Å². The molecule has 1 aromatic heterocycles. The van der Waals surface area contributed by atoms with Crippen molar-refractivity contribution in [3.05, 3.63) is 83.8 Å². The zero-order chi connectivity index (χ0) is 23.1. The lowest BCUT2D eigenvalue weighted by molar-refractivity contribution is -0.116. The Hall–Kier alpha value is -3.39. The quantitative estimate of drug-likeness (QED) is 0.505. The standard InChI is InChI=1S/C24H26N2O5S/c1-17(2)13-23(27)26-19-8-6-7-18(14-19)15-25-24(28)22-12-11-20(31-22)16-32(29,30)21-9-4-3-5-10-21/h3-12,14,17H,13,15-16H2,1-2H3,(H,25,28)(H,26,27). The van der Waals surface area contributed by atoms with Gasteiger partial charge >= 0.3 is 0 Å². The summed E-state index contributed by atoms with van der Waals surface area (Å²) in [6, 6.07) is 18.2. The molecule has 2 N–H and O–H groups in total. The minimum Gasteiger partial charge on any atom is -0.455 e. The van der Waals surface area contributed by atoms with Crippen LogP contribution in [0.3, 0.4) is 0 Å². The molecule has 3 aromatic rings. The van der Waals surface area contributed by atoms with Gasteiger partial charge < -0.3 is 15.1 Å². The molecule has 0 bridgehead atoms. The number of carbonyl (C=O) groups excluding carboxylic acids is 2. The summed E-state index contributed by atoms with van der Waals surface area (Å²) in [5.41, 5.74) is 1.47. The molecule has 8 heteroatoms. The van der Waals surface area contributed by atoms with E-state index in [1.165, 1.54) is 24.3 Å². The molecule has 0 aliphatic rings. The fourth-order valence-electron chi connectivity index (χ4n) is 3.09. The van der Waals surface area contributed by atoms with Crippen LogP contribution >= 0.6 is 0 Å². The lowest BCUT2D eigenvalue weighted by atomic mass is 10.1. The number of sulfone groups is 1. The molecule has 0 fully saturated rings. The predicted octanol–water partition coefficient (Wildman–Crippen LogP) is 4.17. The van der Waals surface area contributed by atoms with Crippen LogP contribution in [0, 0.1) is 5.92 Å². The van der Waals surface area contributed by atoms with Crippen LogP contribution in [0.1, 0.15) is 42.1 Å². The van der Waals surface area contributed by atoms with Crippen molar-refractivity contribution < 1.29 is 22.4 Å². The van der Waals surface area contributed by atoms with Gasteiger partial charge in [-0.2, -0.15) is 0 Å². The van der Waals surface area contributed by atoms with Gasteiger partial charge in [0.25, 0.3) is 5.91 Å². The van der Waals surface area contributed by atoms with Crippen molar-refractivity contribution in [3.63, 3.8) is 0 Å². The molecule has 1 heterocycles. The second kappa shape index (κ2) is 10.3. The van der Waals surface area contributed by atoms with E-state index in [2.05, 4.69) is 10.6 Å². The van der Waals surface area contributed by atoms with Crippen molar-refractivity contribution >= 4 is 27.3 Å². The predicted molar refractivity (Wildman–Crippen MR) is 122 cm³/mol. The van der Waals surface area contributed by atoms with Gasteiger partial charge in [-0.05, 0) is 47.9 Å². The Balaban J connectivity index is 1.58. The first-order valence-corrected chi connectivity index (χ1v) is 11.9. The van der Waals surface area contributed by atoms with E-state index in [4.69, 9.17) is 4.42 Å². The number of carbonyl (C=O) groups is 2. The summed E-state index contributed by atoms with van der Waals surface area (Å²) in [6.07, 6.45) is 0.432. The molecule has 0 unspecified atom stereocenters. The van der Waals surface area contributed by atoms with Gasteiger partial charge in [0.15, 0.2) is 15.6 Å². The molecule has 2 amide bonds. The third kappa shape index (κ3) is 6.55. The van der Waals surface area contributed by atoms with E-state index in [-0.39, 0.29) is 40.5 Å². The van der Waals surface area contributed by atoms with Crippen LogP contribution in [0.15, 0.2) is 76.0 Å². The molecular weight excluding hydrogens is 428 g/mol. The lowest BCUT2D eigenvalue weighted by Crippen LogP contribution is -2.22. The summed E-state index contributed by atoms with van der Waals surface area (Å²) in [4.78, 5) is 24.6. The molecule has 0 saturated heterocycles. The van der Waals surface area contributed by atoms with E-state index in [1.807, 2.05) is 19.9 Å². The smallest absolute Gasteiger partial charge is 0.287 e. The fraction of sp³-hybridized carbons (Fsp3) is 0.250. The first-order valence-electron chi connectivity index (χ1n) is 10.3. The monoisotopic (exact) mass is 454 g/mol. The Labute approximate surface area is 187 Å². The Bertz CT molecular complexity index is 1180. The van der Waals surface area contributed by atoms with E-state index in [9.17, 15) is 18.0 Å². The number of hydrogen-bond donors (Lipinski definition) is 2. The number of anilines is 1. The molecule has 7 nitrogen and oxygen atoms in total. The summed E-state index contributed by atoms with van der Waals surface area (Å²) in [5, 5.41) is 5.59. The molecule has 3 rings (SSSR count). The van der Waals surface area contributed by atoms with Gasteiger partial charge in [0.05, 0.1) is 4.90 Å². The van der Waals surface area contributed by atoms with E-state index in [0.29, 0.717) is 12.1 Å². The molecule has 0 saturated carbocycles. The number of amides is 2. The first-order chi connectivity index (χ1) is 15.2. The summed E-state index contributed by atoms with van der Waals surface area (Å²) < 4.78 is 30.4. The Kier molecular flexibility index (Phi) is 7.48. The third-order valence-corrected chi connectivity index (χ3v) is 6.23. The number of nitrogens with one attached hydrogen (secondary N) is 2. The van der Waals surface area contributed by atoms with E-state index >= 15 is 0 Å². The maximum atomic E-state index is 12.5. The van der Waals surface area contributed by atoms with E-state index in [1.54, 1.807) is 36.4 Å². The molecule has 2 aromatic carbocycles. The van der Waals surface area contributed by atoms with Crippen LogP contribution in [0.25, 0.3) is 0 Å². The van der Waals surface area contributed by atoms with Crippen molar-refractivity contribution in [2.24, 2.45) is 5.92 Å². The van der Waals surface area contributed by atoms with E-state index in [0.717, 1.165) is 5.56 Å². The van der Waals surface area contributed by atoms with Crippen molar-refractivity contribution in [2.75, 3.05) is 5.32 Å². The molecule has 32 heavy (non-hydrogen) atoms. The molecule has 0 radical (unpaired) electrons. The Morgan fingerprint density at radius 1 is 0.969 bits per heavy atom. The first kappa shape index (κ1) is 23.3.